The maximum atomic E-state index is 13.2. The second-order valence-corrected chi connectivity index (χ2v) is 4.78. The maximum Gasteiger partial charge on any atom is 0.163 e. The van der Waals surface area contributed by atoms with E-state index in [2.05, 4.69) is 0 Å². The van der Waals surface area contributed by atoms with E-state index in [1.165, 1.54) is 6.07 Å². The Morgan fingerprint density at radius 3 is 2.37 bits per heavy atom. The molecular formula is C16H12F2O. The smallest absolute Gasteiger partial charge is 0.163 e. The number of aryl methyl sites for hydroxylation is 1. The van der Waals surface area contributed by atoms with Crippen LogP contribution in [0.3, 0.4) is 0 Å². The first-order valence-electron chi connectivity index (χ1n) is 6.27. The molecule has 0 amide bonds. The molecule has 0 spiro atoms. The lowest BCUT2D eigenvalue weighted by molar-refractivity contribution is 0.0972. The van der Waals surface area contributed by atoms with Gasteiger partial charge in [0, 0.05) is 12.0 Å². The highest BCUT2D eigenvalue weighted by molar-refractivity contribution is 5.99. The lowest BCUT2D eigenvalue weighted by Crippen LogP contribution is -2.10. The number of halogens is 2. The molecule has 3 rings (SSSR count). The summed E-state index contributed by atoms with van der Waals surface area (Å²) in [5, 5.41) is 0. The molecule has 2 aromatic rings. The molecule has 2 aromatic carbocycles. The van der Waals surface area contributed by atoms with E-state index in [4.69, 9.17) is 0 Å². The highest BCUT2D eigenvalue weighted by Gasteiger charge is 2.17. The Labute approximate surface area is 109 Å². The van der Waals surface area contributed by atoms with Crippen LogP contribution in [0.25, 0.3) is 11.1 Å². The Morgan fingerprint density at radius 2 is 1.58 bits per heavy atom. The molecule has 96 valence electrons. The molecule has 0 N–H and O–H groups in total. The minimum absolute atomic E-state index is 0.130. The van der Waals surface area contributed by atoms with Gasteiger partial charge < -0.3 is 0 Å². The number of benzene rings is 2. The number of Topliss-reactive ketones (excluding diaryl/α,β-unsaturated/α-hetero) is 1. The summed E-state index contributed by atoms with van der Waals surface area (Å²) in [6.07, 6.45) is 2.35. The highest BCUT2D eigenvalue weighted by atomic mass is 19.2. The van der Waals surface area contributed by atoms with Gasteiger partial charge in [0.2, 0.25) is 0 Å². The first-order valence-corrected chi connectivity index (χ1v) is 6.27. The molecule has 0 aliphatic heterocycles. The van der Waals surface area contributed by atoms with Crippen molar-refractivity contribution in [3.63, 3.8) is 0 Å². The van der Waals surface area contributed by atoms with Crippen molar-refractivity contribution < 1.29 is 13.6 Å². The van der Waals surface area contributed by atoms with Crippen molar-refractivity contribution in [3.05, 3.63) is 59.2 Å². The van der Waals surface area contributed by atoms with Gasteiger partial charge in [-0.2, -0.15) is 0 Å². The number of ketones is 1. The zero-order chi connectivity index (χ0) is 13.4. The first kappa shape index (κ1) is 12.0. The number of rotatable bonds is 1. The van der Waals surface area contributed by atoms with E-state index in [1.54, 1.807) is 6.07 Å². The van der Waals surface area contributed by atoms with Crippen LogP contribution in [0.4, 0.5) is 8.78 Å². The van der Waals surface area contributed by atoms with E-state index < -0.39 is 11.6 Å². The molecule has 3 heteroatoms. The third-order valence-electron chi connectivity index (χ3n) is 3.51. The van der Waals surface area contributed by atoms with Gasteiger partial charge in [-0.1, -0.05) is 18.2 Å². The molecular weight excluding hydrogens is 246 g/mol. The average Bonchev–Trinajstić information content (AvgIpc) is 2.42. The first-order chi connectivity index (χ1) is 9.15. The molecule has 0 atom stereocenters. The Balaban J connectivity index is 2.08. The van der Waals surface area contributed by atoms with Gasteiger partial charge in [-0.05, 0) is 47.7 Å². The van der Waals surface area contributed by atoms with Crippen molar-refractivity contribution in [2.45, 2.75) is 19.3 Å². The zero-order valence-corrected chi connectivity index (χ0v) is 10.2. The van der Waals surface area contributed by atoms with Crippen molar-refractivity contribution in [3.8, 4) is 11.1 Å². The van der Waals surface area contributed by atoms with Crippen LogP contribution in [0, 0.1) is 11.6 Å². The molecule has 0 aromatic heterocycles. The van der Waals surface area contributed by atoms with Crippen LogP contribution in [-0.2, 0) is 6.42 Å². The lowest BCUT2D eigenvalue weighted by Gasteiger charge is -2.15. The quantitative estimate of drug-likeness (QED) is 0.751. The van der Waals surface area contributed by atoms with E-state index in [-0.39, 0.29) is 5.78 Å². The van der Waals surface area contributed by atoms with Crippen LogP contribution < -0.4 is 0 Å². The molecule has 0 bridgehead atoms. The highest BCUT2D eigenvalue weighted by Crippen LogP contribution is 2.28. The second kappa shape index (κ2) is 4.57. The topological polar surface area (TPSA) is 17.1 Å². The summed E-state index contributed by atoms with van der Waals surface area (Å²) in [5.41, 5.74) is 3.09. The van der Waals surface area contributed by atoms with Gasteiger partial charge >= 0.3 is 0 Å². The average molecular weight is 258 g/mol. The van der Waals surface area contributed by atoms with Crippen molar-refractivity contribution in [1.29, 1.82) is 0 Å². The minimum atomic E-state index is -0.874. The molecule has 19 heavy (non-hydrogen) atoms. The summed E-state index contributed by atoms with van der Waals surface area (Å²) in [4.78, 5) is 11.9. The zero-order valence-electron chi connectivity index (χ0n) is 10.2. The van der Waals surface area contributed by atoms with Gasteiger partial charge in [0.25, 0.3) is 0 Å². The number of hydrogen-bond acceptors (Lipinski definition) is 1. The SMILES string of the molecule is O=C1CCCc2ccc(-c3ccc(F)c(F)c3)cc21. The van der Waals surface area contributed by atoms with Crippen LogP contribution in [0.2, 0.25) is 0 Å². The molecule has 1 nitrogen and oxygen atoms in total. The predicted octanol–water partition coefficient (Wildman–Crippen LogP) is 4.15. The summed E-state index contributed by atoms with van der Waals surface area (Å²) >= 11 is 0. The fourth-order valence-electron chi connectivity index (χ4n) is 2.48. The Morgan fingerprint density at radius 1 is 0.842 bits per heavy atom. The standard InChI is InChI=1S/C16H12F2O/c17-14-7-6-12(9-15(14)18)11-5-4-10-2-1-3-16(19)13(10)8-11/h4-9H,1-3H2. The van der Waals surface area contributed by atoms with Gasteiger partial charge in [0.05, 0.1) is 0 Å². The van der Waals surface area contributed by atoms with Crippen molar-refractivity contribution in [2.24, 2.45) is 0 Å². The van der Waals surface area contributed by atoms with Crippen LogP contribution in [0.5, 0.6) is 0 Å². The third kappa shape index (κ3) is 2.16. The van der Waals surface area contributed by atoms with E-state index in [9.17, 15) is 13.6 Å². The van der Waals surface area contributed by atoms with Crippen LogP contribution in [0.15, 0.2) is 36.4 Å². The van der Waals surface area contributed by atoms with Gasteiger partial charge in [-0.3, -0.25) is 4.79 Å². The van der Waals surface area contributed by atoms with E-state index in [1.807, 2.05) is 12.1 Å². The number of carbonyl (C=O) groups is 1. The monoisotopic (exact) mass is 258 g/mol. The summed E-state index contributed by atoms with van der Waals surface area (Å²) in [5.74, 6) is -1.61. The van der Waals surface area contributed by atoms with Gasteiger partial charge in [0.15, 0.2) is 17.4 Å². The normalized spacial score (nSPS) is 14.3. The maximum absolute atomic E-state index is 13.2. The molecule has 1 aliphatic rings. The Hall–Kier alpha value is -2.03. The number of carbonyl (C=O) groups excluding carboxylic acids is 1. The predicted molar refractivity (Wildman–Crippen MR) is 69.1 cm³/mol. The molecule has 0 saturated heterocycles. The fraction of sp³-hybridized carbons (Fsp3) is 0.188. The molecule has 0 radical (unpaired) electrons. The summed E-state index contributed by atoms with van der Waals surface area (Å²) in [6.45, 7) is 0. The van der Waals surface area contributed by atoms with Crippen molar-refractivity contribution in [2.75, 3.05) is 0 Å². The second-order valence-electron chi connectivity index (χ2n) is 4.78. The molecule has 0 unspecified atom stereocenters. The van der Waals surface area contributed by atoms with Crippen LogP contribution in [-0.4, -0.2) is 5.78 Å². The Bertz CT molecular complexity index is 662. The largest absolute Gasteiger partial charge is 0.294 e. The van der Waals surface area contributed by atoms with Gasteiger partial charge in [0.1, 0.15) is 0 Å². The molecule has 0 saturated carbocycles. The minimum Gasteiger partial charge on any atom is -0.294 e. The number of fused-ring (bicyclic) bond motifs is 1. The van der Waals surface area contributed by atoms with E-state index in [0.29, 0.717) is 17.5 Å². The lowest BCUT2D eigenvalue weighted by atomic mass is 9.88. The molecule has 1 aliphatic carbocycles. The summed E-state index contributed by atoms with van der Waals surface area (Å²) < 4.78 is 26.2. The number of hydrogen-bond donors (Lipinski definition) is 0. The van der Waals surface area contributed by atoms with Crippen LogP contribution in [0.1, 0.15) is 28.8 Å². The van der Waals surface area contributed by atoms with Crippen LogP contribution >= 0.6 is 0 Å². The summed E-state index contributed by atoms with van der Waals surface area (Å²) in [6, 6.07) is 9.32. The van der Waals surface area contributed by atoms with E-state index >= 15 is 0 Å². The Kier molecular flexibility index (Phi) is 2.90. The molecule has 0 fully saturated rings. The summed E-state index contributed by atoms with van der Waals surface area (Å²) in [7, 11) is 0. The fourth-order valence-corrected chi connectivity index (χ4v) is 2.48. The van der Waals surface area contributed by atoms with Gasteiger partial charge in [-0.15, -0.1) is 0 Å². The van der Waals surface area contributed by atoms with Crippen molar-refractivity contribution >= 4 is 5.78 Å². The molecule has 0 heterocycles. The third-order valence-corrected chi connectivity index (χ3v) is 3.51. The van der Waals surface area contributed by atoms with Crippen molar-refractivity contribution in [1.82, 2.24) is 0 Å². The van der Waals surface area contributed by atoms with Gasteiger partial charge in [-0.25, -0.2) is 8.78 Å². The van der Waals surface area contributed by atoms with E-state index in [0.717, 1.165) is 36.1 Å².